The van der Waals surface area contributed by atoms with Gasteiger partial charge in [-0.2, -0.15) is 0 Å². The van der Waals surface area contributed by atoms with Gasteiger partial charge >= 0.3 is 0 Å². The van der Waals surface area contributed by atoms with E-state index in [0.29, 0.717) is 35.2 Å². The SMILES string of the molecule is CCCOc1c(Cl)cc(C(=O)NCc2cccc(CN3CCN(C)CC3)c2)cc1OC. The number of rotatable bonds is 9. The number of nitrogens with one attached hydrogen (secondary N) is 1. The van der Waals surface area contributed by atoms with Crippen LogP contribution in [0.3, 0.4) is 0 Å². The lowest BCUT2D eigenvalue weighted by molar-refractivity contribution is 0.0950. The number of methoxy groups -OCH3 is 1. The summed E-state index contributed by atoms with van der Waals surface area (Å²) in [5.74, 6) is 0.728. The summed E-state index contributed by atoms with van der Waals surface area (Å²) in [6, 6.07) is 11.7. The number of ether oxygens (including phenoxy) is 2. The maximum absolute atomic E-state index is 12.7. The zero-order valence-electron chi connectivity index (χ0n) is 18.6. The molecule has 0 spiro atoms. The number of benzene rings is 2. The highest BCUT2D eigenvalue weighted by molar-refractivity contribution is 6.32. The van der Waals surface area contributed by atoms with Crippen molar-refractivity contribution < 1.29 is 14.3 Å². The van der Waals surface area contributed by atoms with Gasteiger partial charge in [-0.15, -0.1) is 0 Å². The first-order valence-corrected chi connectivity index (χ1v) is 11.1. The van der Waals surface area contributed by atoms with E-state index in [9.17, 15) is 4.79 Å². The number of amides is 1. The summed E-state index contributed by atoms with van der Waals surface area (Å²) < 4.78 is 11.0. The van der Waals surface area contributed by atoms with Crippen LogP contribution < -0.4 is 14.8 Å². The normalized spacial score (nSPS) is 15.0. The average Bonchev–Trinajstić information content (AvgIpc) is 2.78. The van der Waals surface area contributed by atoms with E-state index in [-0.39, 0.29) is 5.91 Å². The molecule has 0 aromatic heterocycles. The maximum atomic E-state index is 12.7. The van der Waals surface area contributed by atoms with Crippen LogP contribution in [-0.2, 0) is 13.1 Å². The van der Waals surface area contributed by atoms with Gasteiger partial charge < -0.3 is 19.7 Å². The number of hydrogen-bond donors (Lipinski definition) is 1. The second-order valence-electron chi connectivity index (χ2n) is 7.92. The van der Waals surface area contributed by atoms with E-state index in [4.69, 9.17) is 21.1 Å². The van der Waals surface area contributed by atoms with Crippen LogP contribution in [0.25, 0.3) is 0 Å². The van der Waals surface area contributed by atoms with Crippen molar-refractivity contribution in [3.63, 3.8) is 0 Å². The molecule has 1 saturated heterocycles. The van der Waals surface area contributed by atoms with E-state index in [0.717, 1.165) is 44.7 Å². The second kappa shape index (κ2) is 11.4. The Morgan fingerprint density at radius 1 is 1.13 bits per heavy atom. The summed E-state index contributed by atoms with van der Waals surface area (Å²) in [7, 11) is 3.70. The van der Waals surface area contributed by atoms with Gasteiger partial charge in [-0.1, -0.05) is 42.8 Å². The van der Waals surface area contributed by atoms with Crippen LogP contribution in [0.4, 0.5) is 0 Å². The molecule has 6 nitrogen and oxygen atoms in total. The quantitative estimate of drug-likeness (QED) is 0.636. The van der Waals surface area contributed by atoms with Gasteiger partial charge in [-0.05, 0) is 36.7 Å². The summed E-state index contributed by atoms with van der Waals surface area (Å²) in [6.07, 6.45) is 0.857. The Bertz CT molecular complexity index is 882. The summed E-state index contributed by atoms with van der Waals surface area (Å²) in [5.41, 5.74) is 2.78. The molecule has 1 aliphatic heterocycles. The summed E-state index contributed by atoms with van der Waals surface area (Å²) >= 11 is 6.34. The van der Waals surface area contributed by atoms with Crippen molar-refractivity contribution in [1.29, 1.82) is 0 Å². The van der Waals surface area contributed by atoms with E-state index in [1.165, 1.54) is 12.7 Å². The average molecular weight is 446 g/mol. The molecule has 31 heavy (non-hydrogen) atoms. The van der Waals surface area contributed by atoms with Gasteiger partial charge in [-0.3, -0.25) is 9.69 Å². The van der Waals surface area contributed by atoms with Crippen LogP contribution in [0.2, 0.25) is 5.02 Å². The smallest absolute Gasteiger partial charge is 0.251 e. The molecule has 2 aromatic rings. The van der Waals surface area contributed by atoms with Gasteiger partial charge in [-0.25, -0.2) is 0 Å². The number of carbonyl (C=O) groups excluding carboxylic acids is 1. The Labute approximate surface area is 190 Å². The monoisotopic (exact) mass is 445 g/mol. The Morgan fingerprint density at radius 2 is 1.87 bits per heavy atom. The fourth-order valence-corrected chi connectivity index (χ4v) is 3.85. The van der Waals surface area contributed by atoms with Crippen molar-refractivity contribution in [2.45, 2.75) is 26.4 Å². The third kappa shape index (κ3) is 6.60. The van der Waals surface area contributed by atoms with Crippen LogP contribution in [0.15, 0.2) is 36.4 Å². The van der Waals surface area contributed by atoms with Crippen LogP contribution in [0.5, 0.6) is 11.5 Å². The predicted molar refractivity (Wildman–Crippen MR) is 124 cm³/mol. The van der Waals surface area contributed by atoms with Crippen LogP contribution in [0, 0.1) is 0 Å². The molecule has 1 amide bonds. The molecule has 0 atom stereocenters. The highest BCUT2D eigenvalue weighted by Gasteiger charge is 2.16. The van der Waals surface area contributed by atoms with Gasteiger partial charge in [0.15, 0.2) is 11.5 Å². The zero-order valence-corrected chi connectivity index (χ0v) is 19.4. The molecule has 0 unspecified atom stereocenters. The third-order valence-corrected chi connectivity index (χ3v) is 5.67. The predicted octanol–water partition coefficient (Wildman–Crippen LogP) is 3.81. The van der Waals surface area contributed by atoms with E-state index in [1.807, 2.05) is 19.1 Å². The number of carbonyl (C=O) groups is 1. The molecule has 1 N–H and O–H groups in total. The van der Waals surface area contributed by atoms with Gasteiger partial charge in [0.1, 0.15) is 0 Å². The van der Waals surface area contributed by atoms with E-state index in [2.05, 4.69) is 34.3 Å². The molecule has 1 heterocycles. The number of piperazine rings is 1. The molecule has 0 aliphatic carbocycles. The van der Waals surface area contributed by atoms with E-state index in [1.54, 1.807) is 12.1 Å². The molecular weight excluding hydrogens is 414 g/mol. The Morgan fingerprint density at radius 3 is 2.58 bits per heavy atom. The molecule has 0 saturated carbocycles. The van der Waals surface area contributed by atoms with Crippen molar-refractivity contribution in [3.8, 4) is 11.5 Å². The lowest BCUT2D eigenvalue weighted by Gasteiger charge is -2.32. The number of likely N-dealkylation sites (N-methyl/N-ethyl adjacent to an activating group) is 1. The molecule has 3 rings (SSSR count). The fourth-order valence-electron chi connectivity index (χ4n) is 3.58. The van der Waals surface area contributed by atoms with Crippen LogP contribution >= 0.6 is 11.6 Å². The van der Waals surface area contributed by atoms with Gasteiger partial charge in [0.25, 0.3) is 5.91 Å². The minimum atomic E-state index is -0.202. The number of hydrogen-bond acceptors (Lipinski definition) is 5. The van der Waals surface area contributed by atoms with Crippen LogP contribution in [-0.4, -0.2) is 62.7 Å². The van der Waals surface area contributed by atoms with Gasteiger partial charge in [0.05, 0.1) is 18.7 Å². The number of nitrogens with zero attached hydrogens (tertiary/aromatic N) is 2. The second-order valence-corrected chi connectivity index (χ2v) is 8.33. The topological polar surface area (TPSA) is 54.0 Å². The lowest BCUT2D eigenvalue weighted by Crippen LogP contribution is -2.43. The van der Waals surface area contributed by atoms with Crippen LogP contribution in [0.1, 0.15) is 34.8 Å². The molecule has 1 aliphatic rings. The first-order chi connectivity index (χ1) is 15.0. The first kappa shape index (κ1) is 23.4. The molecular formula is C24H32ClN3O3. The van der Waals surface area contributed by atoms with Crippen molar-refractivity contribution in [2.24, 2.45) is 0 Å². The Kier molecular flexibility index (Phi) is 8.58. The molecule has 0 bridgehead atoms. The largest absolute Gasteiger partial charge is 0.493 e. The molecule has 7 heteroatoms. The minimum absolute atomic E-state index is 0.202. The van der Waals surface area contributed by atoms with Crippen molar-refractivity contribution in [1.82, 2.24) is 15.1 Å². The molecule has 2 aromatic carbocycles. The summed E-state index contributed by atoms with van der Waals surface area (Å²) in [4.78, 5) is 17.5. The number of halogens is 1. The van der Waals surface area contributed by atoms with Crippen molar-refractivity contribution >= 4 is 17.5 Å². The Balaban J connectivity index is 1.61. The van der Waals surface area contributed by atoms with Crippen molar-refractivity contribution in [3.05, 3.63) is 58.1 Å². The third-order valence-electron chi connectivity index (χ3n) is 5.39. The Hall–Kier alpha value is -2.28. The lowest BCUT2D eigenvalue weighted by atomic mass is 10.1. The zero-order chi connectivity index (χ0) is 22.2. The van der Waals surface area contributed by atoms with E-state index < -0.39 is 0 Å². The molecule has 0 radical (unpaired) electrons. The first-order valence-electron chi connectivity index (χ1n) is 10.8. The van der Waals surface area contributed by atoms with Gasteiger partial charge in [0, 0.05) is 44.8 Å². The fraction of sp³-hybridized carbons (Fsp3) is 0.458. The minimum Gasteiger partial charge on any atom is -0.493 e. The molecule has 168 valence electrons. The maximum Gasteiger partial charge on any atom is 0.251 e. The summed E-state index contributed by atoms with van der Waals surface area (Å²) in [5, 5.41) is 3.35. The standard InChI is InChI=1S/C24H32ClN3O3/c1-4-12-31-23-21(25)14-20(15-22(23)30-3)24(29)26-16-18-6-5-7-19(13-18)17-28-10-8-27(2)9-11-28/h5-7,13-15H,4,8-12,16-17H2,1-3H3,(H,26,29). The molecule has 1 fully saturated rings. The highest BCUT2D eigenvalue weighted by Crippen LogP contribution is 2.36. The summed E-state index contributed by atoms with van der Waals surface area (Å²) in [6.45, 7) is 8.30. The van der Waals surface area contributed by atoms with Gasteiger partial charge in [0.2, 0.25) is 0 Å². The van der Waals surface area contributed by atoms with E-state index >= 15 is 0 Å². The van der Waals surface area contributed by atoms with Crippen molar-refractivity contribution in [2.75, 3.05) is 46.9 Å². The highest BCUT2D eigenvalue weighted by atomic mass is 35.5.